The summed E-state index contributed by atoms with van der Waals surface area (Å²) in [6, 6.07) is 4.26. The van der Waals surface area contributed by atoms with E-state index < -0.39 is 0 Å². The molecule has 0 bridgehead atoms. The Balaban J connectivity index is 0.00000264. The molecular weight excluding hydrogens is 423 g/mol. The number of aliphatic imine (C=N–C) groups is 1. The molecule has 0 saturated heterocycles. The van der Waals surface area contributed by atoms with Gasteiger partial charge < -0.3 is 15.2 Å². The fourth-order valence-electron chi connectivity index (χ4n) is 2.04. The van der Waals surface area contributed by atoms with Crippen molar-refractivity contribution in [1.29, 1.82) is 0 Å². The number of thiophene rings is 1. The van der Waals surface area contributed by atoms with Crippen molar-refractivity contribution in [1.82, 2.24) is 25.4 Å². The lowest BCUT2D eigenvalue weighted by atomic mass is 10.3. The minimum Gasteiger partial charge on any atom is -0.357 e. The lowest BCUT2D eigenvalue weighted by Crippen LogP contribution is -2.38. The molecule has 128 valence electrons. The van der Waals surface area contributed by atoms with Gasteiger partial charge in [-0.05, 0) is 37.6 Å². The van der Waals surface area contributed by atoms with Crippen LogP contribution in [0.5, 0.6) is 0 Å². The highest BCUT2D eigenvalue weighted by molar-refractivity contribution is 14.0. The maximum absolute atomic E-state index is 4.61. The fraction of sp³-hybridized carbons (Fsp3) is 0.533. The van der Waals surface area contributed by atoms with E-state index in [9.17, 15) is 0 Å². The summed E-state index contributed by atoms with van der Waals surface area (Å²) in [6.45, 7) is 5.66. The van der Waals surface area contributed by atoms with Crippen LogP contribution in [0.2, 0.25) is 0 Å². The lowest BCUT2D eigenvalue weighted by molar-refractivity contribution is 0.611. The molecule has 0 aliphatic carbocycles. The van der Waals surface area contributed by atoms with Crippen molar-refractivity contribution < 1.29 is 0 Å². The molecule has 0 aliphatic rings. The number of halogens is 1. The Morgan fingerprint density at radius 3 is 2.78 bits per heavy atom. The van der Waals surface area contributed by atoms with E-state index in [2.05, 4.69) is 50.3 Å². The molecule has 2 aromatic rings. The van der Waals surface area contributed by atoms with Crippen LogP contribution in [0.15, 0.2) is 35.2 Å². The van der Waals surface area contributed by atoms with Crippen molar-refractivity contribution in [2.75, 3.05) is 19.6 Å². The third-order valence-corrected chi connectivity index (χ3v) is 4.09. The zero-order valence-electron chi connectivity index (χ0n) is 13.4. The van der Waals surface area contributed by atoms with Gasteiger partial charge >= 0.3 is 0 Å². The fourth-order valence-corrected chi connectivity index (χ4v) is 2.74. The predicted octanol–water partition coefficient (Wildman–Crippen LogP) is 2.54. The van der Waals surface area contributed by atoms with Crippen molar-refractivity contribution >= 4 is 41.3 Å². The van der Waals surface area contributed by atoms with E-state index >= 15 is 0 Å². The van der Waals surface area contributed by atoms with E-state index in [0.29, 0.717) is 0 Å². The van der Waals surface area contributed by atoms with Crippen LogP contribution >= 0.6 is 35.3 Å². The number of aryl methyl sites for hydroxylation is 1. The maximum atomic E-state index is 4.61. The number of hydrogen-bond donors (Lipinski definition) is 2. The Morgan fingerprint density at radius 1 is 1.26 bits per heavy atom. The van der Waals surface area contributed by atoms with Crippen molar-refractivity contribution in [3.8, 4) is 0 Å². The number of guanidine groups is 1. The van der Waals surface area contributed by atoms with Crippen LogP contribution in [0.25, 0.3) is 0 Å². The van der Waals surface area contributed by atoms with E-state index in [-0.39, 0.29) is 24.0 Å². The topological polar surface area (TPSA) is 67.1 Å². The smallest absolute Gasteiger partial charge is 0.191 e. The summed E-state index contributed by atoms with van der Waals surface area (Å²) in [5, 5.41) is 16.4. The second-order valence-corrected chi connectivity index (χ2v) is 5.96. The number of aromatic nitrogens is 3. The van der Waals surface area contributed by atoms with Gasteiger partial charge in [0.2, 0.25) is 0 Å². The summed E-state index contributed by atoms with van der Waals surface area (Å²) in [4.78, 5) is 6.01. The van der Waals surface area contributed by atoms with Crippen LogP contribution in [0.4, 0.5) is 0 Å². The second-order valence-electron chi connectivity index (χ2n) is 4.92. The van der Waals surface area contributed by atoms with Crippen LogP contribution in [0.3, 0.4) is 0 Å². The standard InChI is InChI=1S/C15H24N6S.HI/c1-2-16-15(18-9-7-14-6-5-11-22-14)17-8-3-4-10-21-12-19-20-13-21;/h5-6,11-13H,2-4,7-10H2,1H3,(H2,16,17,18);1H. The van der Waals surface area contributed by atoms with Gasteiger partial charge in [0.25, 0.3) is 0 Å². The molecule has 0 radical (unpaired) electrons. The summed E-state index contributed by atoms with van der Waals surface area (Å²) in [6.07, 6.45) is 6.67. The number of nitrogens with zero attached hydrogens (tertiary/aromatic N) is 4. The summed E-state index contributed by atoms with van der Waals surface area (Å²) in [5.74, 6) is 0.906. The largest absolute Gasteiger partial charge is 0.357 e. The van der Waals surface area contributed by atoms with Crippen LogP contribution < -0.4 is 10.6 Å². The number of unbranched alkanes of at least 4 members (excludes halogenated alkanes) is 1. The molecule has 0 fully saturated rings. The normalized spacial score (nSPS) is 11.1. The molecule has 0 atom stereocenters. The van der Waals surface area contributed by atoms with Gasteiger partial charge in [0.05, 0.1) is 0 Å². The minimum absolute atomic E-state index is 0. The number of hydrogen-bond acceptors (Lipinski definition) is 4. The molecule has 0 amide bonds. The van der Waals surface area contributed by atoms with Crippen LogP contribution in [-0.2, 0) is 13.0 Å². The Labute approximate surface area is 158 Å². The van der Waals surface area contributed by atoms with Crippen molar-refractivity contribution in [2.24, 2.45) is 4.99 Å². The molecule has 2 aromatic heterocycles. The molecule has 0 aliphatic heterocycles. The molecule has 0 unspecified atom stereocenters. The summed E-state index contributed by atoms with van der Waals surface area (Å²) < 4.78 is 1.99. The van der Waals surface area contributed by atoms with Gasteiger partial charge in [-0.2, -0.15) is 0 Å². The second kappa shape index (κ2) is 12.3. The van der Waals surface area contributed by atoms with E-state index in [0.717, 1.165) is 51.4 Å². The van der Waals surface area contributed by atoms with Crippen LogP contribution in [0.1, 0.15) is 24.6 Å². The van der Waals surface area contributed by atoms with Crippen molar-refractivity contribution in [3.63, 3.8) is 0 Å². The van der Waals surface area contributed by atoms with Gasteiger partial charge in [0.1, 0.15) is 12.7 Å². The Morgan fingerprint density at radius 2 is 2.09 bits per heavy atom. The summed E-state index contributed by atoms with van der Waals surface area (Å²) in [7, 11) is 0. The monoisotopic (exact) mass is 448 g/mol. The van der Waals surface area contributed by atoms with E-state index in [1.54, 1.807) is 24.0 Å². The molecule has 0 saturated carbocycles. The highest BCUT2D eigenvalue weighted by Crippen LogP contribution is 2.07. The Bertz CT molecular complexity index is 526. The molecule has 2 N–H and O–H groups in total. The molecule has 2 rings (SSSR count). The maximum Gasteiger partial charge on any atom is 0.191 e. The minimum atomic E-state index is 0. The highest BCUT2D eigenvalue weighted by atomic mass is 127. The predicted molar refractivity (Wildman–Crippen MR) is 107 cm³/mol. The first kappa shape index (κ1) is 19.9. The van der Waals surface area contributed by atoms with E-state index in [4.69, 9.17) is 0 Å². The molecule has 6 nitrogen and oxygen atoms in total. The first-order valence-corrected chi connectivity index (χ1v) is 8.63. The molecule has 0 aromatic carbocycles. The SMILES string of the molecule is CCNC(=NCCCCn1cnnc1)NCCc1cccs1.I. The summed E-state index contributed by atoms with van der Waals surface area (Å²) >= 11 is 1.80. The van der Waals surface area contributed by atoms with Gasteiger partial charge in [-0.1, -0.05) is 6.07 Å². The molecule has 2 heterocycles. The lowest BCUT2D eigenvalue weighted by Gasteiger charge is -2.10. The van der Waals surface area contributed by atoms with Crippen molar-refractivity contribution in [2.45, 2.75) is 32.7 Å². The number of rotatable bonds is 9. The quantitative estimate of drug-likeness (QED) is 0.268. The van der Waals surface area contributed by atoms with Crippen LogP contribution in [0, 0.1) is 0 Å². The highest BCUT2D eigenvalue weighted by Gasteiger charge is 1.98. The van der Waals surface area contributed by atoms with Gasteiger partial charge in [-0.15, -0.1) is 45.5 Å². The zero-order chi connectivity index (χ0) is 15.5. The van der Waals surface area contributed by atoms with E-state index in [1.807, 2.05) is 4.57 Å². The van der Waals surface area contributed by atoms with Gasteiger partial charge in [-0.3, -0.25) is 4.99 Å². The van der Waals surface area contributed by atoms with Gasteiger partial charge in [0.15, 0.2) is 5.96 Å². The van der Waals surface area contributed by atoms with Crippen LogP contribution in [-0.4, -0.2) is 40.4 Å². The molecule has 23 heavy (non-hydrogen) atoms. The average Bonchev–Trinajstić information content (AvgIpc) is 3.20. The third-order valence-electron chi connectivity index (χ3n) is 3.15. The van der Waals surface area contributed by atoms with Gasteiger partial charge in [-0.25, -0.2) is 0 Å². The average molecular weight is 448 g/mol. The third kappa shape index (κ3) is 8.31. The molecule has 0 spiro atoms. The Kier molecular flexibility index (Phi) is 10.6. The van der Waals surface area contributed by atoms with E-state index in [1.165, 1.54) is 4.88 Å². The Hall–Kier alpha value is -1.16. The molecule has 8 heteroatoms. The number of nitrogens with one attached hydrogen (secondary N) is 2. The zero-order valence-corrected chi connectivity index (χ0v) is 16.6. The first-order valence-electron chi connectivity index (χ1n) is 7.75. The first-order chi connectivity index (χ1) is 10.9. The summed E-state index contributed by atoms with van der Waals surface area (Å²) in [5.41, 5.74) is 0. The van der Waals surface area contributed by atoms with Crippen molar-refractivity contribution in [3.05, 3.63) is 35.0 Å². The van der Waals surface area contributed by atoms with Gasteiger partial charge in [0, 0.05) is 31.1 Å². The molecular formula is C15H25IN6S.